The Hall–Kier alpha value is -1.81. The summed E-state index contributed by atoms with van der Waals surface area (Å²) >= 11 is 0. The van der Waals surface area contributed by atoms with E-state index in [1.807, 2.05) is 0 Å². The topological polar surface area (TPSA) is 37.3 Å². The van der Waals surface area contributed by atoms with E-state index in [2.05, 4.69) is 59.3 Å². The fourth-order valence-corrected chi connectivity index (χ4v) is 6.83. The van der Waals surface area contributed by atoms with E-state index < -0.39 is 0 Å². The number of amides is 1. The maximum atomic E-state index is 12.9. The predicted molar refractivity (Wildman–Crippen MR) is 114 cm³/mol. The van der Waals surface area contributed by atoms with E-state index in [1.165, 1.54) is 49.4 Å². The normalized spacial score (nSPS) is 31.0. The Kier molecular flexibility index (Phi) is 4.50. The molecule has 0 atom stereocenters. The van der Waals surface area contributed by atoms with Gasteiger partial charge >= 0.3 is 0 Å². The van der Waals surface area contributed by atoms with Gasteiger partial charge in [-0.25, -0.2) is 0 Å². The Bertz CT molecular complexity index is 846. The average Bonchev–Trinajstić information content (AvgIpc) is 3.00. The molecule has 1 aromatic heterocycles. The van der Waals surface area contributed by atoms with E-state index in [0.29, 0.717) is 5.41 Å². The molecule has 1 amide bonds. The molecule has 150 valence electrons. The number of carbonyl (C=O) groups is 1. The van der Waals surface area contributed by atoms with Crippen molar-refractivity contribution in [2.75, 3.05) is 26.0 Å². The quantitative estimate of drug-likeness (QED) is 0.786. The SMILES string of the molecule is CN(C)CCn1ccc2cc(NC(=O)CC34CC5CC(CC(C5)C3)C4)ccc21. The molecule has 4 nitrogen and oxygen atoms in total. The fraction of sp³-hybridized carbons (Fsp3) is 0.625. The summed E-state index contributed by atoms with van der Waals surface area (Å²) in [6, 6.07) is 8.48. The summed E-state index contributed by atoms with van der Waals surface area (Å²) in [5, 5.41) is 4.41. The molecule has 2 aromatic rings. The minimum absolute atomic E-state index is 0.216. The van der Waals surface area contributed by atoms with Gasteiger partial charge in [-0.05, 0) is 100 Å². The van der Waals surface area contributed by atoms with Crippen molar-refractivity contribution in [2.24, 2.45) is 23.2 Å². The van der Waals surface area contributed by atoms with E-state index in [4.69, 9.17) is 0 Å². The van der Waals surface area contributed by atoms with Crippen LogP contribution in [0.2, 0.25) is 0 Å². The van der Waals surface area contributed by atoms with Gasteiger partial charge in [-0.15, -0.1) is 0 Å². The third-order valence-electron chi connectivity index (χ3n) is 7.54. The van der Waals surface area contributed by atoms with Crippen LogP contribution in [0.4, 0.5) is 5.69 Å². The summed E-state index contributed by atoms with van der Waals surface area (Å²) in [5.41, 5.74) is 2.48. The highest BCUT2D eigenvalue weighted by Gasteiger charge is 2.51. The molecule has 1 aromatic carbocycles. The zero-order chi connectivity index (χ0) is 19.3. The molecule has 4 bridgehead atoms. The monoisotopic (exact) mass is 379 g/mol. The first-order chi connectivity index (χ1) is 13.5. The van der Waals surface area contributed by atoms with Gasteiger partial charge in [0, 0.05) is 42.3 Å². The number of likely N-dealkylation sites (N-methyl/N-ethyl adjacent to an activating group) is 1. The zero-order valence-corrected chi connectivity index (χ0v) is 17.3. The number of nitrogens with one attached hydrogen (secondary N) is 1. The van der Waals surface area contributed by atoms with Gasteiger partial charge < -0.3 is 14.8 Å². The molecule has 1 N–H and O–H groups in total. The Labute approximate surface area is 168 Å². The molecular weight excluding hydrogens is 346 g/mol. The van der Waals surface area contributed by atoms with Crippen molar-refractivity contribution < 1.29 is 4.79 Å². The van der Waals surface area contributed by atoms with Crippen molar-refractivity contribution in [1.29, 1.82) is 0 Å². The molecule has 0 spiro atoms. The molecule has 4 aliphatic rings. The largest absolute Gasteiger partial charge is 0.346 e. The maximum Gasteiger partial charge on any atom is 0.224 e. The number of aromatic nitrogens is 1. The van der Waals surface area contributed by atoms with Crippen LogP contribution in [0, 0.1) is 23.2 Å². The van der Waals surface area contributed by atoms with Crippen LogP contribution in [-0.4, -0.2) is 36.0 Å². The van der Waals surface area contributed by atoms with Gasteiger partial charge in [0.25, 0.3) is 0 Å². The lowest BCUT2D eigenvalue weighted by Gasteiger charge is -2.56. The molecule has 4 aliphatic carbocycles. The van der Waals surface area contributed by atoms with Gasteiger partial charge in [-0.2, -0.15) is 0 Å². The lowest BCUT2D eigenvalue weighted by Crippen LogP contribution is -2.47. The molecule has 6 rings (SSSR count). The van der Waals surface area contributed by atoms with Crippen LogP contribution in [0.15, 0.2) is 30.5 Å². The Morgan fingerprint density at radius 3 is 2.43 bits per heavy atom. The van der Waals surface area contributed by atoms with E-state index in [9.17, 15) is 4.79 Å². The minimum Gasteiger partial charge on any atom is -0.346 e. The van der Waals surface area contributed by atoms with Gasteiger partial charge in [0.1, 0.15) is 0 Å². The van der Waals surface area contributed by atoms with Crippen molar-refractivity contribution in [3.05, 3.63) is 30.5 Å². The van der Waals surface area contributed by atoms with Crippen molar-refractivity contribution >= 4 is 22.5 Å². The lowest BCUT2D eigenvalue weighted by atomic mass is 9.49. The van der Waals surface area contributed by atoms with Crippen molar-refractivity contribution in [3.8, 4) is 0 Å². The molecular formula is C24H33N3O. The molecule has 0 unspecified atom stereocenters. The number of hydrogen-bond donors (Lipinski definition) is 1. The third-order valence-corrected chi connectivity index (χ3v) is 7.54. The highest BCUT2D eigenvalue weighted by atomic mass is 16.1. The summed E-state index contributed by atoms with van der Waals surface area (Å²) in [6.07, 6.45) is 11.0. The molecule has 4 saturated carbocycles. The van der Waals surface area contributed by atoms with Crippen LogP contribution in [0.1, 0.15) is 44.9 Å². The summed E-state index contributed by atoms with van der Waals surface area (Å²) in [5.74, 6) is 2.92. The Morgan fingerprint density at radius 2 is 1.79 bits per heavy atom. The number of nitrogens with zero attached hydrogens (tertiary/aromatic N) is 2. The Balaban J connectivity index is 1.26. The van der Waals surface area contributed by atoms with E-state index in [1.54, 1.807) is 0 Å². The highest BCUT2D eigenvalue weighted by Crippen LogP contribution is 2.61. The van der Waals surface area contributed by atoms with Crippen LogP contribution in [0.5, 0.6) is 0 Å². The van der Waals surface area contributed by atoms with Crippen molar-refractivity contribution in [3.63, 3.8) is 0 Å². The summed E-state index contributed by atoms with van der Waals surface area (Å²) in [6.45, 7) is 2.00. The molecule has 1 heterocycles. The predicted octanol–water partition coefficient (Wildman–Crippen LogP) is 4.75. The highest BCUT2D eigenvalue weighted by molar-refractivity contribution is 5.94. The number of anilines is 1. The Morgan fingerprint density at radius 1 is 1.11 bits per heavy atom. The van der Waals surface area contributed by atoms with Crippen LogP contribution in [-0.2, 0) is 11.3 Å². The minimum atomic E-state index is 0.216. The van der Waals surface area contributed by atoms with Crippen LogP contribution in [0.3, 0.4) is 0 Å². The van der Waals surface area contributed by atoms with Crippen molar-refractivity contribution in [1.82, 2.24) is 9.47 Å². The van der Waals surface area contributed by atoms with Gasteiger partial charge in [0.15, 0.2) is 0 Å². The lowest BCUT2D eigenvalue weighted by molar-refractivity contribution is -0.124. The second kappa shape index (κ2) is 6.91. The molecule has 0 saturated heterocycles. The van der Waals surface area contributed by atoms with Gasteiger partial charge in [0.2, 0.25) is 5.91 Å². The number of hydrogen-bond acceptors (Lipinski definition) is 2. The first-order valence-electron chi connectivity index (χ1n) is 11.0. The number of rotatable bonds is 6. The summed E-state index contributed by atoms with van der Waals surface area (Å²) in [7, 11) is 4.20. The molecule has 0 aliphatic heterocycles. The smallest absolute Gasteiger partial charge is 0.224 e. The number of fused-ring (bicyclic) bond motifs is 1. The average molecular weight is 380 g/mol. The number of benzene rings is 1. The molecule has 28 heavy (non-hydrogen) atoms. The first-order valence-corrected chi connectivity index (χ1v) is 11.0. The van der Waals surface area contributed by atoms with Crippen molar-refractivity contribution in [2.45, 2.75) is 51.5 Å². The third kappa shape index (κ3) is 3.47. The van der Waals surface area contributed by atoms with E-state index in [0.717, 1.165) is 43.0 Å². The zero-order valence-electron chi connectivity index (χ0n) is 17.3. The number of carbonyl (C=O) groups excluding carboxylic acids is 1. The molecule has 4 fully saturated rings. The summed E-state index contributed by atoms with van der Waals surface area (Å²) < 4.78 is 2.29. The maximum absolute atomic E-state index is 12.9. The standard InChI is InChI=1S/C24H33N3O/c1-26(2)7-8-27-6-5-20-12-21(3-4-22(20)27)25-23(28)16-24-13-17-9-18(14-24)11-19(10-17)15-24/h3-6,12,17-19H,7-11,13-16H2,1-2H3,(H,25,28). The second-order valence-electron chi connectivity index (χ2n) is 10.2. The van der Waals surface area contributed by atoms with Gasteiger partial charge in [-0.3, -0.25) is 4.79 Å². The first kappa shape index (κ1) is 18.2. The van der Waals surface area contributed by atoms with E-state index in [-0.39, 0.29) is 5.91 Å². The van der Waals surface area contributed by atoms with Crippen LogP contribution in [0.25, 0.3) is 10.9 Å². The van der Waals surface area contributed by atoms with Gasteiger partial charge in [-0.1, -0.05) is 0 Å². The molecule has 0 radical (unpaired) electrons. The van der Waals surface area contributed by atoms with Crippen LogP contribution < -0.4 is 5.32 Å². The second-order valence-corrected chi connectivity index (χ2v) is 10.2. The van der Waals surface area contributed by atoms with Crippen LogP contribution >= 0.6 is 0 Å². The fourth-order valence-electron chi connectivity index (χ4n) is 6.83. The summed E-state index contributed by atoms with van der Waals surface area (Å²) in [4.78, 5) is 15.1. The molecule has 4 heteroatoms. The van der Waals surface area contributed by atoms with Gasteiger partial charge in [0.05, 0.1) is 0 Å². The van der Waals surface area contributed by atoms with E-state index >= 15 is 0 Å².